The number of benzene rings is 1. The Hall–Kier alpha value is -3.13. The van der Waals surface area contributed by atoms with Crippen molar-refractivity contribution in [2.45, 2.75) is 12.5 Å². The highest BCUT2D eigenvalue weighted by Crippen LogP contribution is 2.16. The van der Waals surface area contributed by atoms with Crippen LogP contribution >= 0.6 is 0 Å². The Kier molecular flexibility index (Phi) is 11.9. The first-order chi connectivity index (χ1) is 16.4. The fraction of sp³-hybridized carbons (Fsp3) is 0.571. The van der Waals surface area contributed by atoms with Crippen molar-refractivity contribution in [1.82, 2.24) is 14.7 Å². The summed E-state index contributed by atoms with van der Waals surface area (Å²) in [5.41, 5.74) is 0.783. The number of aliphatic carboxylic acids is 1. The smallest absolute Gasteiger partial charge is 0.317 e. The molecule has 0 spiro atoms. The van der Waals surface area contributed by atoms with E-state index in [1.807, 2.05) is 9.80 Å². The molecule has 34 heavy (non-hydrogen) atoms. The quantitative estimate of drug-likeness (QED) is 0.252. The molecule has 188 valence electrons. The van der Waals surface area contributed by atoms with Gasteiger partial charge in [-0.3, -0.25) is 39.2 Å². The summed E-state index contributed by atoms with van der Waals surface area (Å²) in [4.78, 5) is 49.0. The van der Waals surface area contributed by atoms with Crippen molar-refractivity contribution in [3.8, 4) is 0 Å². The number of nitro groups is 1. The van der Waals surface area contributed by atoms with Crippen LogP contribution in [0.1, 0.15) is 5.56 Å². The number of non-ortho nitro benzene ring substituents is 1. The summed E-state index contributed by atoms with van der Waals surface area (Å²) in [6.45, 7) is 3.34. The first-order valence-corrected chi connectivity index (χ1v) is 10.7. The van der Waals surface area contributed by atoms with Gasteiger partial charge in [-0.2, -0.15) is 0 Å². The molecule has 0 radical (unpaired) electrons. The number of carbonyl (C=O) groups is 3. The van der Waals surface area contributed by atoms with Crippen LogP contribution in [-0.2, 0) is 35.0 Å². The van der Waals surface area contributed by atoms with Crippen LogP contribution in [0, 0.1) is 10.1 Å². The minimum Gasteiger partial charge on any atom is -0.480 e. The van der Waals surface area contributed by atoms with E-state index >= 15 is 0 Å². The Balaban J connectivity index is 2.28. The van der Waals surface area contributed by atoms with Gasteiger partial charge in [0, 0.05) is 50.9 Å². The van der Waals surface area contributed by atoms with Crippen molar-refractivity contribution in [2.75, 3.05) is 65.9 Å². The Labute approximate surface area is 196 Å². The molecule has 13 nitrogen and oxygen atoms in total. The predicted molar refractivity (Wildman–Crippen MR) is 118 cm³/mol. The molecule has 0 aromatic heterocycles. The van der Waals surface area contributed by atoms with Crippen LogP contribution in [0.25, 0.3) is 0 Å². The monoisotopic (exact) mass is 482 g/mol. The van der Waals surface area contributed by atoms with E-state index < -0.39 is 10.9 Å². The summed E-state index contributed by atoms with van der Waals surface area (Å²) in [5.74, 6) is -0.978. The summed E-state index contributed by atoms with van der Waals surface area (Å²) in [5, 5.41) is 20.3. The molecular formula is C21H30N4O9. The Bertz CT molecular complexity index is 793. The third-order valence-electron chi connectivity index (χ3n) is 5.40. The van der Waals surface area contributed by atoms with Crippen LogP contribution in [0.4, 0.5) is 5.69 Å². The average Bonchev–Trinajstić information content (AvgIpc) is 2.80. The molecule has 2 rings (SSSR count). The van der Waals surface area contributed by atoms with Crippen LogP contribution in [0.15, 0.2) is 24.3 Å². The summed E-state index contributed by atoms with van der Waals surface area (Å²) < 4.78 is 15.6. The van der Waals surface area contributed by atoms with Crippen molar-refractivity contribution in [2.24, 2.45) is 0 Å². The van der Waals surface area contributed by atoms with Gasteiger partial charge in [0.1, 0.15) is 13.5 Å². The third kappa shape index (κ3) is 9.79. The van der Waals surface area contributed by atoms with Gasteiger partial charge in [-0.15, -0.1) is 0 Å². The van der Waals surface area contributed by atoms with Gasteiger partial charge >= 0.3 is 5.97 Å². The van der Waals surface area contributed by atoms with E-state index in [1.54, 1.807) is 17.0 Å². The van der Waals surface area contributed by atoms with Gasteiger partial charge in [-0.05, 0) is 12.0 Å². The van der Waals surface area contributed by atoms with Gasteiger partial charge in [-0.25, -0.2) is 0 Å². The second-order valence-corrected chi connectivity index (χ2v) is 7.74. The molecular weight excluding hydrogens is 452 g/mol. The van der Waals surface area contributed by atoms with Crippen LogP contribution in [0.3, 0.4) is 0 Å². The van der Waals surface area contributed by atoms with Gasteiger partial charge in [0.05, 0.1) is 24.7 Å². The highest BCUT2D eigenvalue weighted by Gasteiger charge is 2.25. The maximum atomic E-state index is 11.4. The first kappa shape index (κ1) is 27.1. The van der Waals surface area contributed by atoms with Gasteiger partial charge in [-0.1, -0.05) is 12.1 Å². The number of nitrogens with zero attached hydrogens (tertiary/aromatic N) is 4. The number of carboxylic acids is 1. The summed E-state index contributed by atoms with van der Waals surface area (Å²) in [6.07, 6.45) is 0.433. The molecule has 1 N–H and O–H groups in total. The Morgan fingerprint density at radius 1 is 1.06 bits per heavy atom. The van der Waals surface area contributed by atoms with Gasteiger partial charge < -0.3 is 19.3 Å². The molecule has 1 aliphatic rings. The van der Waals surface area contributed by atoms with E-state index in [2.05, 4.69) is 0 Å². The van der Waals surface area contributed by atoms with Crippen LogP contribution < -0.4 is 0 Å². The number of nitro benzene ring substituents is 1. The summed E-state index contributed by atoms with van der Waals surface area (Å²) in [7, 11) is 0. The Morgan fingerprint density at radius 3 is 2.32 bits per heavy atom. The van der Waals surface area contributed by atoms with Gasteiger partial charge in [0.15, 0.2) is 0 Å². The van der Waals surface area contributed by atoms with Gasteiger partial charge in [0.2, 0.25) is 0 Å². The molecule has 0 bridgehead atoms. The number of rotatable bonds is 11. The van der Waals surface area contributed by atoms with Crippen LogP contribution in [-0.4, -0.2) is 116 Å². The normalized spacial score (nSPS) is 19.4. The zero-order valence-corrected chi connectivity index (χ0v) is 18.8. The highest BCUT2D eigenvalue weighted by molar-refractivity contribution is 5.69. The number of hydrogen-bond acceptors (Lipinski definition) is 11. The van der Waals surface area contributed by atoms with Crippen molar-refractivity contribution in [3.05, 3.63) is 39.9 Å². The second-order valence-electron chi connectivity index (χ2n) is 7.74. The lowest BCUT2D eigenvalue weighted by atomic mass is 10.0. The molecule has 1 atom stereocenters. The van der Waals surface area contributed by atoms with Crippen LogP contribution in [0.2, 0.25) is 0 Å². The van der Waals surface area contributed by atoms with E-state index in [0.29, 0.717) is 65.3 Å². The molecule has 0 amide bonds. The molecule has 13 heteroatoms. The SMILES string of the molecule is O=COCN1CCOCCN(CC(=O)O)CC(Cc2ccc([N+](=O)[O-])cc2)N(COC=O)CC1. The van der Waals surface area contributed by atoms with E-state index in [-0.39, 0.29) is 31.7 Å². The molecule has 0 aliphatic carbocycles. The van der Waals surface area contributed by atoms with Crippen LogP contribution in [0.5, 0.6) is 0 Å². The lowest BCUT2D eigenvalue weighted by Gasteiger charge is -2.36. The van der Waals surface area contributed by atoms with Gasteiger partial charge in [0.25, 0.3) is 18.6 Å². The van der Waals surface area contributed by atoms with E-state index in [4.69, 9.17) is 14.2 Å². The highest BCUT2D eigenvalue weighted by atomic mass is 16.6. The molecule has 1 aromatic rings. The third-order valence-corrected chi connectivity index (χ3v) is 5.40. The molecule has 0 saturated carbocycles. The first-order valence-electron chi connectivity index (χ1n) is 10.7. The number of carbonyl (C=O) groups excluding carboxylic acids is 2. The fourth-order valence-electron chi connectivity index (χ4n) is 3.67. The fourth-order valence-corrected chi connectivity index (χ4v) is 3.67. The number of carboxylic acid groups (broad SMARTS) is 1. The zero-order valence-electron chi connectivity index (χ0n) is 18.8. The standard InChI is InChI=1S/C21H30N4O9/c26-16-33-14-22-5-6-24(15-34-17-27)20(11-18-1-3-19(4-2-18)25(30)31)12-23(13-21(28)29)8-10-32-9-7-22/h1-4,16-17,20H,5-15H2,(H,28,29). The average molecular weight is 482 g/mol. The maximum absolute atomic E-state index is 11.4. The lowest BCUT2D eigenvalue weighted by molar-refractivity contribution is -0.384. The van der Waals surface area contributed by atoms with Crippen molar-refractivity contribution in [1.29, 1.82) is 0 Å². The molecule has 1 heterocycles. The zero-order chi connectivity index (χ0) is 24.8. The predicted octanol–water partition coefficient (Wildman–Crippen LogP) is -0.212. The van der Waals surface area contributed by atoms with Crippen molar-refractivity contribution < 1.29 is 38.6 Å². The maximum Gasteiger partial charge on any atom is 0.317 e. The molecule has 1 unspecified atom stereocenters. The number of hydrogen-bond donors (Lipinski definition) is 1. The van der Waals surface area contributed by atoms with E-state index in [1.165, 1.54) is 12.1 Å². The molecule has 1 saturated heterocycles. The van der Waals surface area contributed by atoms with Crippen molar-refractivity contribution >= 4 is 24.6 Å². The molecule has 1 fully saturated rings. The summed E-state index contributed by atoms with van der Waals surface area (Å²) in [6, 6.07) is 5.86. The minimum absolute atomic E-state index is 0.0268. The molecule has 1 aliphatic heterocycles. The largest absolute Gasteiger partial charge is 0.480 e. The topological polar surface area (TPSA) is 152 Å². The Morgan fingerprint density at radius 2 is 1.71 bits per heavy atom. The lowest BCUT2D eigenvalue weighted by Crippen LogP contribution is -2.51. The molecule has 1 aromatic carbocycles. The van der Waals surface area contributed by atoms with Crippen molar-refractivity contribution in [3.63, 3.8) is 0 Å². The minimum atomic E-state index is -0.978. The van der Waals surface area contributed by atoms with E-state index in [0.717, 1.165) is 5.56 Å². The number of ether oxygens (including phenoxy) is 3. The summed E-state index contributed by atoms with van der Waals surface area (Å²) >= 11 is 0. The van der Waals surface area contributed by atoms with E-state index in [9.17, 15) is 29.6 Å². The second kappa shape index (κ2) is 14.9.